The van der Waals surface area contributed by atoms with Crippen LogP contribution in [0.25, 0.3) is 0 Å². The number of hydrogen-bond acceptors (Lipinski definition) is 2. The van der Waals surface area contributed by atoms with E-state index in [-0.39, 0.29) is 11.9 Å². The van der Waals surface area contributed by atoms with Crippen molar-refractivity contribution in [1.82, 2.24) is 0 Å². The average molecular weight is 283 g/mol. The van der Waals surface area contributed by atoms with Crippen molar-refractivity contribution in [3.63, 3.8) is 0 Å². The maximum Gasteiger partial charge on any atom is 0.139 e. The first kappa shape index (κ1) is 11.8. The Hall–Kier alpha value is -0.670. The summed E-state index contributed by atoms with van der Waals surface area (Å²) >= 11 is 3.40. The summed E-state index contributed by atoms with van der Waals surface area (Å²) in [5, 5.41) is 0. The molecule has 86 valence electrons. The van der Waals surface area contributed by atoms with E-state index in [0.29, 0.717) is 12.8 Å². The number of hydrogen-bond donors (Lipinski definition) is 0. The van der Waals surface area contributed by atoms with Crippen LogP contribution in [0.1, 0.15) is 24.8 Å². The number of Topliss-reactive ketones (excluding diaryl/α,β-unsaturated/α-hetero) is 1. The van der Waals surface area contributed by atoms with Gasteiger partial charge in [-0.25, -0.2) is 0 Å². The van der Waals surface area contributed by atoms with Crippen LogP contribution in [0.3, 0.4) is 0 Å². The SMILES string of the molecule is O=C(Cc1cccc(Br)c1)CC1CCCO1. The van der Waals surface area contributed by atoms with Gasteiger partial charge < -0.3 is 4.74 Å². The first-order chi connectivity index (χ1) is 7.74. The molecule has 0 aromatic heterocycles. The van der Waals surface area contributed by atoms with Gasteiger partial charge in [-0.2, -0.15) is 0 Å². The lowest BCUT2D eigenvalue weighted by Gasteiger charge is -2.08. The third-order valence-electron chi connectivity index (χ3n) is 2.77. The second-order valence-electron chi connectivity index (χ2n) is 4.18. The zero-order valence-corrected chi connectivity index (χ0v) is 10.7. The van der Waals surface area contributed by atoms with Crippen molar-refractivity contribution in [3.8, 4) is 0 Å². The molecule has 16 heavy (non-hydrogen) atoms. The minimum atomic E-state index is 0.166. The number of carbonyl (C=O) groups is 1. The normalized spacial score (nSPS) is 19.9. The van der Waals surface area contributed by atoms with Gasteiger partial charge in [0.2, 0.25) is 0 Å². The summed E-state index contributed by atoms with van der Waals surface area (Å²) in [6, 6.07) is 7.90. The minimum absolute atomic E-state index is 0.166. The summed E-state index contributed by atoms with van der Waals surface area (Å²) < 4.78 is 6.48. The monoisotopic (exact) mass is 282 g/mol. The van der Waals surface area contributed by atoms with Crippen molar-refractivity contribution in [1.29, 1.82) is 0 Å². The van der Waals surface area contributed by atoms with Crippen LogP contribution in [0.2, 0.25) is 0 Å². The fourth-order valence-corrected chi connectivity index (χ4v) is 2.45. The number of carbonyl (C=O) groups excluding carboxylic acids is 1. The van der Waals surface area contributed by atoms with Gasteiger partial charge in [-0.15, -0.1) is 0 Å². The molecule has 1 unspecified atom stereocenters. The number of rotatable bonds is 4. The smallest absolute Gasteiger partial charge is 0.139 e. The Balaban J connectivity index is 1.86. The molecule has 0 amide bonds. The van der Waals surface area contributed by atoms with Crippen molar-refractivity contribution >= 4 is 21.7 Å². The lowest BCUT2D eigenvalue weighted by molar-refractivity contribution is -0.120. The predicted molar refractivity (Wildman–Crippen MR) is 66.4 cm³/mol. The molecule has 2 nitrogen and oxygen atoms in total. The molecule has 0 saturated carbocycles. The van der Waals surface area contributed by atoms with Gasteiger partial charge in [-0.1, -0.05) is 28.1 Å². The van der Waals surface area contributed by atoms with E-state index in [1.165, 1.54) is 0 Å². The molecule has 0 aliphatic carbocycles. The van der Waals surface area contributed by atoms with Gasteiger partial charge in [0, 0.05) is 23.9 Å². The third-order valence-corrected chi connectivity index (χ3v) is 3.26. The minimum Gasteiger partial charge on any atom is -0.378 e. The first-order valence-corrected chi connectivity index (χ1v) is 6.41. The molecule has 2 rings (SSSR count). The second kappa shape index (κ2) is 5.60. The summed E-state index contributed by atoms with van der Waals surface area (Å²) in [6.45, 7) is 0.814. The van der Waals surface area contributed by atoms with Crippen LogP contribution in [0.15, 0.2) is 28.7 Å². The van der Waals surface area contributed by atoms with Gasteiger partial charge in [-0.3, -0.25) is 4.79 Å². The van der Waals surface area contributed by atoms with Crippen LogP contribution in [0.5, 0.6) is 0 Å². The molecule has 1 aliphatic rings. The Bertz CT molecular complexity index is 370. The molecule has 3 heteroatoms. The van der Waals surface area contributed by atoms with E-state index in [1.807, 2.05) is 24.3 Å². The number of ether oxygens (including phenoxy) is 1. The van der Waals surface area contributed by atoms with Crippen LogP contribution in [-0.2, 0) is 16.0 Å². The first-order valence-electron chi connectivity index (χ1n) is 5.62. The zero-order chi connectivity index (χ0) is 11.4. The van der Waals surface area contributed by atoms with Gasteiger partial charge in [0.25, 0.3) is 0 Å². The van der Waals surface area contributed by atoms with E-state index in [0.717, 1.165) is 29.5 Å². The maximum atomic E-state index is 11.8. The molecule has 1 saturated heterocycles. The molecule has 1 heterocycles. The standard InChI is InChI=1S/C13H15BrO2/c14-11-4-1-3-10(7-11)8-12(15)9-13-5-2-6-16-13/h1,3-4,7,13H,2,5-6,8-9H2. The van der Waals surface area contributed by atoms with Gasteiger partial charge in [0.15, 0.2) is 0 Å². The fourth-order valence-electron chi connectivity index (χ4n) is 2.01. The molecule has 1 atom stereocenters. The van der Waals surface area contributed by atoms with E-state index in [9.17, 15) is 4.79 Å². The summed E-state index contributed by atoms with van der Waals surface area (Å²) in [5.74, 6) is 0.269. The molecule has 0 spiro atoms. The average Bonchev–Trinajstić information content (AvgIpc) is 2.70. The third kappa shape index (κ3) is 3.42. The summed E-state index contributed by atoms with van der Waals surface area (Å²) in [5.41, 5.74) is 1.07. The zero-order valence-electron chi connectivity index (χ0n) is 9.12. The van der Waals surface area contributed by atoms with Crippen LogP contribution in [0, 0.1) is 0 Å². The quantitative estimate of drug-likeness (QED) is 0.848. The fraction of sp³-hybridized carbons (Fsp3) is 0.462. The highest BCUT2D eigenvalue weighted by atomic mass is 79.9. The van der Waals surface area contributed by atoms with Crippen LogP contribution in [0.4, 0.5) is 0 Å². The van der Waals surface area contributed by atoms with Crippen LogP contribution >= 0.6 is 15.9 Å². The van der Waals surface area contributed by atoms with Gasteiger partial charge in [-0.05, 0) is 30.5 Å². The lowest BCUT2D eigenvalue weighted by atomic mass is 10.0. The molecular formula is C13H15BrO2. The predicted octanol–water partition coefficient (Wildman–Crippen LogP) is 3.13. The van der Waals surface area contributed by atoms with Crippen molar-refractivity contribution in [2.24, 2.45) is 0 Å². The van der Waals surface area contributed by atoms with Crippen molar-refractivity contribution in [3.05, 3.63) is 34.3 Å². The van der Waals surface area contributed by atoms with E-state index >= 15 is 0 Å². The van der Waals surface area contributed by atoms with Crippen molar-refractivity contribution in [2.75, 3.05) is 6.61 Å². The molecule has 1 aromatic carbocycles. The van der Waals surface area contributed by atoms with Crippen LogP contribution < -0.4 is 0 Å². The topological polar surface area (TPSA) is 26.3 Å². The molecular weight excluding hydrogens is 268 g/mol. The number of benzene rings is 1. The largest absolute Gasteiger partial charge is 0.378 e. The van der Waals surface area contributed by atoms with Crippen molar-refractivity contribution < 1.29 is 9.53 Å². The van der Waals surface area contributed by atoms with Gasteiger partial charge in [0.1, 0.15) is 5.78 Å². The Morgan fingerprint density at radius 1 is 1.50 bits per heavy atom. The Morgan fingerprint density at radius 3 is 3.06 bits per heavy atom. The van der Waals surface area contributed by atoms with Crippen molar-refractivity contribution in [2.45, 2.75) is 31.8 Å². The second-order valence-corrected chi connectivity index (χ2v) is 5.10. The molecule has 0 bridgehead atoms. The summed E-state index contributed by atoms with van der Waals surface area (Å²) in [7, 11) is 0. The molecule has 1 fully saturated rings. The molecule has 1 aromatic rings. The van der Waals surface area contributed by atoms with E-state index in [2.05, 4.69) is 15.9 Å². The highest BCUT2D eigenvalue weighted by Crippen LogP contribution is 2.17. The number of halogens is 1. The van der Waals surface area contributed by atoms with E-state index < -0.39 is 0 Å². The Kier molecular flexibility index (Phi) is 4.13. The highest BCUT2D eigenvalue weighted by molar-refractivity contribution is 9.10. The van der Waals surface area contributed by atoms with E-state index in [1.54, 1.807) is 0 Å². The van der Waals surface area contributed by atoms with E-state index in [4.69, 9.17) is 4.74 Å². The summed E-state index contributed by atoms with van der Waals surface area (Å²) in [4.78, 5) is 11.8. The van der Waals surface area contributed by atoms with Crippen LogP contribution in [-0.4, -0.2) is 18.5 Å². The highest BCUT2D eigenvalue weighted by Gasteiger charge is 2.18. The molecule has 0 radical (unpaired) electrons. The Labute approximate surface area is 104 Å². The van der Waals surface area contributed by atoms with Gasteiger partial charge in [0.05, 0.1) is 6.10 Å². The molecule has 0 N–H and O–H groups in total. The molecule has 1 aliphatic heterocycles. The Morgan fingerprint density at radius 2 is 2.38 bits per heavy atom. The summed E-state index contributed by atoms with van der Waals surface area (Å²) in [6.07, 6.45) is 3.37. The van der Waals surface area contributed by atoms with Gasteiger partial charge >= 0.3 is 0 Å². The maximum absolute atomic E-state index is 11.8. The number of ketones is 1. The lowest BCUT2D eigenvalue weighted by Crippen LogP contribution is -2.14.